The summed E-state index contributed by atoms with van der Waals surface area (Å²) in [4.78, 5) is 8.64. The molecule has 0 saturated carbocycles. The van der Waals surface area contributed by atoms with E-state index in [0.29, 0.717) is 12.5 Å². The Labute approximate surface area is 118 Å². The zero-order chi connectivity index (χ0) is 14.8. The number of nitrogens with two attached hydrogens (primary N) is 1. The summed E-state index contributed by atoms with van der Waals surface area (Å²) in [5.74, 6) is 0.554. The standard InChI is InChI=1S/C13H16N4O2S/c1-9-7-10(2)17-13(16-9)15-8-11-3-5-12(6-4-11)20(14,18)19/h3-7H,8H2,1-2H3,(H2,14,18,19)(H,15,16,17). The predicted molar refractivity (Wildman–Crippen MR) is 76.6 cm³/mol. The third-order valence-corrected chi connectivity index (χ3v) is 3.61. The Hall–Kier alpha value is -1.99. The summed E-state index contributed by atoms with van der Waals surface area (Å²) in [7, 11) is -3.64. The Morgan fingerprint density at radius 1 is 1.10 bits per heavy atom. The molecule has 106 valence electrons. The number of aryl methyl sites for hydroxylation is 2. The van der Waals surface area contributed by atoms with Gasteiger partial charge in [0.1, 0.15) is 0 Å². The van der Waals surface area contributed by atoms with Crippen LogP contribution < -0.4 is 10.5 Å². The fraction of sp³-hybridized carbons (Fsp3) is 0.231. The molecule has 0 unspecified atom stereocenters. The van der Waals surface area contributed by atoms with Crippen molar-refractivity contribution in [2.75, 3.05) is 5.32 Å². The van der Waals surface area contributed by atoms with Crippen molar-refractivity contribution in [1.82, 2.24) is 9.97 Å². The molecule has 0 aliphatic heterocycles. The van der Waals surface area contributed by atoms with E-state index in [0.717, 1.165) is 17.0 Å². The lowest BCUT2D eigenvalue weighted by molar-refractivity contribution is 0.598. The van der Waals surface area contributed by atoms with Crippen LogP contribution in [0.3, 0.4) is 0 Å². The zero-order valence-electron chi connectivity index (χ0n) is 11.3. The number of nitrogens with one attached hydrogen (secondary N) is 1. The van der Waals surface area contributed by atoms with Gasteiger partial charge in [-0.05, 0) is 37.6 Å². The first-order valence-corrected chi connectivity index (χ1v) is 7.57. The summed E-state index contributed by atoms with van der Waals surface area (Å²) in [6.45, 7) is 4.31. The summed E-state index contributed by atoms with van der Waals surface area (Å²) < 4.78 is 22.3. The topological polar surface area (TPSA) is 98.0 Å². The largest absolute Gasteiger partial charge is 0.350 e. The third-order valence-electron chi connectivity index (χ3n) is 2.68. The van der Waals surface area contributed by atoms with E-state index < -0.39 is 10.0 Å². The molecule has 0 spiro atoms. The molecule has 6 nitrogen and oxygen atoms in total. The van der Waals surface area contributed by atoms with Crippen LogP contribution in [0.5, 0.6) is 0 Å². The monoisotopic (exact) mass is 292 g/mol. The summed E-state index contributed by atoms with van der Waals surface area (Å²) >= 11 is 0. The van der Waals surface area contributed by atoms with Crippen LogP contribution in [-0.2, 0) is 16.6 Å². The second-order valence-corrected chi connectivity index (χ2v) is 6.08. The average molecular weight is 292 g/mol. The maximum absolute atomic E-state index is 11.1. The van der Waals surface area contributed by atoms with Crippen molar-refractivity contribution in [3.63, 3.8) is 0 Å². The smallest absolute Gasteiger partial charge is 0.238 e. The fourth-order valence-corrected chi connectivity index (χ4v) is 2.30. The number of anilines is 1. The average Bonchev–Trinajstić information content (AvgIpc) is 2.35. The predicted octanol–water partition coefficient (Wildman–Crippen LogP) is 1.35. The van der Waals surface area contributed by atoms with Crippen molar-refractivity contribution < 1.29 is 8.42 Å². The molecule has 0 atom stereocenters. The molecule has 7 heteroatoms. The molecule has 20 heavy (non-hydrogen) atoms. The highest BCUT2D eigenvalue weighted by molar-refractivity contribution is 7.89. The molecule has 2 aromatic rings. The van der Waals surface area contributed by atoms with Crippen LogP contribution in [0.25, 0.3) is 0 Å². The number of hydrogen-bond donors (Lipinski definition) is 2. The SMILES string of the molecule is Cc1cc(C)nc(NCc2ccc(S(N)(=O)=O)cc2)n1. The van der Waals surface area contributed by atoms with E-state index in [4.69, 9.17) is 5.14 Å². The fourth-order valence-electron chi connectivity index (χ4n) is 1.78. The van der Waals surface area contributed by atoms with E-state index in [-0.39, 0.29) is 4.90 Å². The highest BCUT2D eigenvalue weighted by atomic mass is 32.2. The van der Waals surface area contributed by atoms with Crippen LogP contribution in [0.4, 0.5) is 5.95 Å². The van der Waals surface area contributed by atoms with Gasteiger partial charge in [-0.25, -0.2) is 23.5 Å². The van der Waals surface area contributed by atoms with Gasteiger partial charge in [0.2, 0.25) is 16.0 Å². The summed E-state index contributed by atoms with van der Waals surface area (Å²) in [6.07, 6.45) is 0. The minimum Gasteiger partial charge on any atom is -0.350 e. The molecule has 0 bridgehead atoms. The molecule has 0 radical (unpaired) electrons. The first-order chi connectivity index (χ1) is 9.34. The van der Waals surface area contributed by atoms with E-state index in [2.05, 4.69) is 15.3 Å². The molecule has 0 saturated heterocycles. The van der Waals surface area contributed by atoms with Gasteiger partial charge in [-0.1, -0.05) is 12.1 Å². The molecule has 1 aromatic carbocycles. The molecule has 0 aliphatic carbocycles. The quantitative estimate of drug-likeness (QED) is 0.886. The van der Waals surface area contributed by atoms with Gasteiger partial charge in [0, 0.05) is 17.9 Å². The maximum Gasteiger partial charge on any atom is 0.238 e. The Kier molecular flexibility index (Phi) is 4.01. The molecular weight excluding hydrogens is 276 g/mol. The minimum absolute atomic E-state index is 0.101. The molecule has 0 aliphatic rings. The van der Waals surface area contributed by atoms with Crippen LogP contribution in [0.2, 0.25) is 0 Å². The van der Waals surface area contributed by atoms with Crippen LogP contribution in [-0.4, -0.2) is 18.4 Å². The van der Waals surface area contributed by atoms with E-state index in [9.17, 15) is 8.42 Å². The second-order valence-electron chi connectivity index (χ2n) is 4.52. The van der Waals surface area contributed by atoms with E-state index in [1.807, 2.05) is 19.9 Å². The minimum atomic E-state index is -3.64. The highest BCUT2D eigenvalue weighted by Crippen LogP contribution is 2.10. The lowest BCUT2D eigenvalue weighted by atomic mass is 10.2. The van der Waals surface area contributed by atoms with Crippen molar-refractivity contribution in [2.24, 2.45) is 5.14 Å². The first kappa shape index (κ1) is 14.4. The maximum atomic E-state index is 11.1. The van der Waals surface area contributed by atoms with Gasteiger partial charge in [-0.3, -0.25) is 0 Å². The Morgan fingerprint density at radius 3 is 2.15 bits per heavy atom. The van der Waals surface area contributed by atoms with Gasteiger partial charge in [0.25, 0.3) is 0 Å². The van der Waals surface area contributed by atoms with Crippen molar-refractivity contribution in [2.45, 2.75) is 25.3 Å². The van der Waals surface area contributed by atoms with Crippen molar-refractivity contribution >= 4 is 16.0 Å². The van der Waals surface area contributed by atoms with Gasteiger partial charge >= 0.3 is 0 Å². The van der Waals surface area contributed by atoms with E-state index in [1.54, 1.807) is 12.1 Å². The molecule has 1 heterocycles. The Bertz CT molecular complexity index is 691. The Morgan fingerprint density at radius 2 is 1.65 bits per heavy atom. The molecule has 3 N–H and O–H groups in total. The number of rotatable bonds is 4. The number of hydrogen-bond acceptors (Lipinski definition) is 5. The van der Waals surface area contributed by atoms with E-state index >= 15 is 0 Å². The lowest BCUT2D eigenvalue weighted by Crippen LogP contribution is -2.12. The van der Waals surface area contributed by atoms with Crippen molar-refractivity contribution in [3.05, 3.63) is 47.3 Å². The Balaban J connectivity index is 2.07. The summed E-state index contributed by atoms with van der Waals surface area (Å²) in [5, 5.41) is 8.14. The van der Waals surface area contributed by atoms with Crippen molar-refractivity contribution in [3.8, 4) is 0 Å². The van der Waals surface area contributed by atoms with Crippen molar-refractivity contribution in [1.29, 1.82) is 0 Å². The highest BCUT2D eigenvalue weighted by Gasteiger charge is 2.06. The number of nitrogens with zero attached hydrogens (tertiary/aromatic N) is 2. The van der Waals surface area contributed by atoms with Gasteiger partial charge in [0.15, 0.2) is 0 Å². The normalized spacial score (nSPS) is 11.3. The molecule has 0 amide bonds. The molecule has 1 aromatic heterocycles. The molecule has 0 fully saturated rings. The van der Waals surface area contributed by atoms with Crippen LogP contribution in [0.1, 0.15) is 17.0 Å². The van der Waals surface area contributed by atoms with Gasteiger partial charge in [-0.15, -0.1) is 0 Å². The number of aromatic nitrogens is 2. The summed E-state index contributed by atoms with van der Waals surface area (Å²) in [6, 6.07) is 8.26. The van der Waals surface area contributed by atoms with Crippen LogP contribution in [0.15, 0.2) is 35.2 Å². The van der Waals surface area contributed by atoms with Gasteiger partial charge in [0.05, 0.1) is 4.90 Å². The summed E-state index contributed by atoms with van der Waals surface area (Å²) in [5.41, 5.74) is 2.70. The second kappa shape index (κ2) is 5.56. The van der Waals surface area contributed by atoms with Crippen LogP contribution in [0, 0.1) is 13.8 Å². The number of sulfonamides is 1. The molecule has 2 rings (SSSR count). The molecular formula is C13H16N4O2S. The van der Waals surface area contributed by atoms with Gasteiger partial charge < -0.3 is 5.32 Å². The van der Waals surface area contributed by atoms with E-state index in [1.165, 1.54) is 12.1 Å². The lowest BCUT2D eigenvalue weighted by Gasteiger charge is -2.07. The number of primary sulfonamides is 1. The van der Waals surface area contributed by atoms with Crippen LogP contribution >= 0.6 is 0 Å². The van der Waals surface area contributed by atoms with Gasteiger partial charge in [-0.2, -0.15) is 0 Å². The third kappa shape index (κ3) is 3.75. The zero-order valence-corrected chi connectivity index (χ0v) is 12.1. The number of benzene rings is 1. The first-order valence-electron chi connectivity index (χ1n) is 6.02.